The number of carbonyl (C=O) groups is 2. The number of hydrogen-bond donors (Lipinski definition) is 0. The Kier molecular flexibility index (Phi) is 10.9. The molecule has 0 aliphatic rings. The maximum atomic E-state index is 11.8. The van der Waals surface area contributed by atoms with Crippen LogP contribution < -0.4 is 0 Å². The van der Waals surface area contributed by atoms with Crippen LogP contribution in [0.1, 0.15) is 53.4 Å². The monoisotopic (exact) mass is 302 g/mol. The molecule has 0 radical (unpaired) electrons. The minimum absolute atomic E-state index is 0. The summed E-state index contributed by atoms with van der Waals surface area (Å²) in [6.45, 7) is 7.42. The van der Waals surface area contributed by atoms with Gasteiger partial charge in [-0.3, -0.25) is 9.68 Å². The Labute approximate surface area is 116 Å². The summed E-state index contributed by atoms with van der Waals surface area (Å²) >= 11 is 0. The predicted octanol–water partition coefficient (Wildman–Crippen LogP) is 1.47. The van der Waals surface area contributed by atoms with Crippen LogP contribution >= 0.6 is 0 Å². The molecule has 0 rings (SSSR count). The molecule has 17 heavy (non-hydrogen) atoms. The van der Waals surface area contributed by atoms with Crippen molar-refractivity contribution in [3.63, 3.8) is 0 Å². The quantitative estimate of drug-likeness (QED) is 0.224. The first kappa shape index (κ1) is 19.1. The predicted molar refractivity (Wildman–Crippen MR) is 70.6 cm³/mol. The van der Waals surface area contributed by atoms with Crippen LogP contribution in [0.3, 0.4) is 0 Å². The molecule has 0 saturated heterocycles. The fourth-order valence-electron chi connectivity index (χ4n) is 1.56. The molecule has 0 amide bonds. The van der Waals surface area contributed by atoms with E-state index in [9.17, 15) is 9.59 Å². The van der Waals surface area contributed by atoms with Crippen molar-refractivity contribution in [2.75, 3.05) is 6.61 Å². The van der Waals surface area contributed by atoms with Gasteiger partial charge in [0, 0.05) is 0 Å². The van der Waals surface area contributed by atoms with Gasteiger partial charge in [-0.05, 0) is 26.2 Å². The van der Waals surface area contributed by atoms with Gasteiger partial charge in [-0.1, -0.05) is 27.2 Å². The SMILES string of the molecule is CCCCOOC(=O)C(CC)(CC)C(C)=O.[GaH3]. The van der Waals surface area contributed by atoms with Gasteiger partial charge in [0.2, 0.25) is 0 Å². The van der Waals surface area contributed by atoms with Crippen LogP contribution in [0.25, 0.3) is 0 Å². The number of Topliss-reactive ketones (excluding diaryl/α,β-unsaturated/α-hetero) is 1. The van der Waals surface area contributed by atoms with E-state index in [-0.39, 0.29) is 25.6 Å². The molecule has 0 saturated carbocycles. The average Bonchev–Trinajstić information content (AvgIpc) is 2.26. The molecule has 5 heteroatoms. The summed E-state index contributed by atoms with van der Waals surface area (Å²) in [7, 11) is 0. The first-order valence-corrected chi connectivity index (χ1v) is 5.90. The van der Waals surface area contributed by atoms with Crippen molar-refractivity contribution < 1.29 is 19.4 Å². The molecule has 0 aliphatic heterocycles. The Morgan fingerprint density at radius 1 is 1.12 bits per heavy atom. The minimum atomic E-state index is -1.04. The molecular weight excluding hydrogens is 278 g/mol. The van der Waals surface area contributed by atoms with E-state index in [2.05, 4.69) is 0 Å². The van der Waals surface area contributed by atoms with Crippen LogP contribution in [-0.4, -0.2) is 38.1 Å². The third kappa shape index (κ3) is 5.27. The van der Waals surface area contributed by atoms with Gasteiger partial charge in [0.05, 0.1) is 6.61 Å². The van der Waals surface area contributed by atoms with E-state index in [4.69, 9.17) is 9.78 Å². The van der Waals surface area contributed by atoms with Gasteiger partial charge in [-0.25, -0.2) is 4.79 Å². The molecule has 0 aliphatic carbocycles. The number of unbranched alkanes of at least 4 members (excludes halogenated alkanes) is 1. The zero-order valence-electron chi connectivity index (χ0n) is 10.7. The normalized spacial score (nSPS) is 10.6. The van der Waals surface area contributed by atoms with Crippen molar-refractivity contribution in [2.45, 2.75) is 53.4 Å². The van der Waals surface area contributed by atoms with Gasteiger partial charge in [0.1, 0.15) is 11.2 Å². The van der Waals surface area contributed by atoms with Crippen LogP contribution in [0, 0.1) is 5.41 Å². The molecular formula is C12H25GaO4. The summed E-state index contributed by atoms with van der Waals surface area (Å²) in [6.07, 6.45) is 2.68. The van der Waals surface area contributed by atoms with Gasteiger partial charge in [-0.15, -0.1) is 0 Å². The zero-order valence-corrected chi connectivity index (χ0v) is 10.7. The van der Waals surface area contributed by atoms with E-state index in [1.54, 1.807) is 13.8 Å². The van der Waals surface area contributed by atoms with E-state index in [0.29, 0.717) is 19.4 Å². The summed E-state index contributed by atoms with van der Waals surface area (Å²) in [6, 6.07) is 0. The Morgan fingerprint density at radius 2 is 1.65 bits per heavy atom. The van der Waals surface area contributed by atoms with Crippen molar-refractivity contribution in [3.8, 4) is 0 Å². The van der Waals surface area contributed by atoms with Crippen LogP contribution in [0.2, 0.25) is 0 Å². The van der Waals surface area contributed by atoms with Crippen LogP contribution in [0.15, 0.2) is 0 Å². The molecule has 0 aromatic carbocycles. The molecule has 0 heterocycles. The first-order chi connectivity index (χ1) is 7.55. The van der Waals surface area contributed by atoms with Crippen LogP contribution in [0.5, 0.6) is 0 Å². The topological polar surface area (TPSA) is 52.6 Å². The van der Waals surface area contributed by atoms with Crippen molar-refractivity contribution in [1.82, 2.24) is 0 Å². The average molecular weight is 303 g/mol. The number of rotatable bonds is 8. The Morgan fingerprint density at radius 3 is 2.00 bits per heavy atom. The molecule has 0 aromatic rings. The third-order valence-corrected chi connectivity index (χ3v) is 2.99. The van der Waals surface area contributed by atoms with Gasteiger partial charge in [0.15, 0.2) is 0 Å². The summed E-state index contributed by atoms with van der Waals surface area (Å²) in [5, 5.41) is 0. The van der Waals surface area contributed by atoms with Crippen molar-refractivity contribution in [2.24, 2.45) is 5.41 Å². The summed E-state index contributed by atoms with van der Waals surface area (Å²) in [5.41, 5.74) is -1.04. The van der Waals surface area contributed by atoms with E-state index in [1.807, 2.05) is 6.92 Å². The van der Waals surface area contributed by atoms with Gasteiger partial charge in [-0.2, -0.15) is 4.89 Å². The molecule has 0 N–H and O–H groups in total. The molecule has 0 aromatic heterocycles. The standard InChI is InChI=1S/C12H22O4.Ga.3H/c1-5-8-9-15-16-11(14)12(6-2,7-3)10(4)13;;;;/h5-9H2,1-4H3;;;;. The summed E-state index contributed by atoms with van der Waals surface area (Å²) < 4.78 is 0. The first-order valence-electron chi connectivity index (χ1n) is 5.90. The fraction of sp³-hybridized carbons (Fsp3) is 0.833. The van der Waals surface area contributed by atoms with E-state index < -0.39 is 11.4 Å². The van der Waals surface area contributed by atoms with Crippen molar-refractivity contribution in [1.29, 1.82) is 0 Å². The summed E-state index contributed by atoms with van der Waals surface area (Å²) in [5.74, 6) is -0.734. The Hall–Kier alpha value is -0.264. The molecule has 0 unspecified atom stereocenters. The van der Waals surface area contributed by atoms with Crippen LogP contribution in [-0.2, 0) is 19.4 Å². The van der Waals surface area contributed by atoms with E-state index in [0.717, 1.165) is 12.8 Å². The van der Waals surface area contributed by atoms with Crippen molar-refractivity contribution >= 4 is 31.5 Å². The third-order valence-electron chi connectivity index (χ3n) is 2.99. The van der Waals surface area contributed by atoms with Gasteiger partial charge >= 0.3 is 25.8 Å². The Balaban J connectivity index is 0. The second-order valence-corrected chi connectivity index (χ2v) is 3.89. The van der Waals surface area contributed by atoms with Crippen molar-refractivity contribution in [3.05, 3.63) is 0 Å². The maximum absolute atomic E-state index is 11.8. The van der Waals surface area contributed by atoms with Gasteiger partial charge in [0.25, 0.3) is 0 Å². The van der Waals surface area contributed by atoms with E-state index >= 15 is 0 Å². The molecule has 0 fully saturated rings. The second-order valence-electron chi connectivity index (χ2n) is 3.89. The number of hydrogen-bond acceptors (Lipinski definition) is 4. The molecule has 0 atom stereocenters. The second kappa shape index (κ2) is 9.73. The zero-order chi connectivity index (χ0) is 12.6. The van der Waals surface area contributed by atoms with E-state index in [1.165, 1.54) is 6.92 Å². The summed E-state index contributed by atoms with van der Waals surface area (Å²) in [4.78, 5) is 32.8. The number of carbonyl (C=O) groups excluding carboxylic acids is 2. The van der Waals surface area contributed by atoms with Crippen LogP contribution in [0.4, 0.5) is 0 Å². The molecule has 4 nitrogen and oxygen atoms in total. The molecule has 0 bridgehead atoms. The van der Waals surface area contributed by atoms with Gasteiger partial charge < -0.3 is 0 Å². The Bertz CT molecular complexity index is 237. The molecule has 100 valence electrons. The fourth-order valence-corrected chi connectivity index (χ4v) is 1.56. The molecule has 0 spiro atoms. The number of ketones is 1.